The van der Waals surface area contributed by atoms with Crippen LogP contribution in [0.25, 0.3) is 0 Å². The van der Waals surface area contributed by atoms with Gasteiger partial charge in [-0.25, -0.2) is 0 Å². The van der Waals surface area contributed by atoms with E-state index in [4.69, 9.17) is 0 Å². The van der Waals surface area contributed by atoms with Crippen LogP contribution in [-0.4, -0.2) is 5.11 Å². The minimum absolute atomic E-state index is 0.381. The smallest absolute Gasteiger partial charge is 0.0913 e. The zero-order chi connectivity index (χ0) is 7.72. The molecule has 1 N–H and O–H groups in total. The summed E-state index contributed by atoms with van der Waals surface area (Å²) in [6.45, 7) is 6.48. The lowest BCUT2D eigenvalue weighted by Crippen LogP contribution is -2.17. The highest BCUT2D eigenvalue weighted by Gasteiger charge is 2.22. The van der Waals surface area contributed by atoms with E-state index in [0.717, 1.165) is 12.3 Å². The van der Waals surface area contributed by atoms with E-state index in [2.05, 4.69) is 20.8 Å². The van der Waals surface area contributed by atoms with Crippen molar-refractivity contribution in [2.45, 2.75) is 27.2 Å². The van der Waals surface area contributed by atoms with E-state index in [0.29, 0.717) is 17.6 Å². The molecule has 0 aromatic rings. The Morgan fingerprint density at radius 3 is 2.50 bits per heavy atom. The SMILES string of the molecule is CC1CC(C)C(C)C=C1O. The van der Waals surface area contributed by atoms with Crippen molar-refractivity contribution >= 4 is 0 Å². The van der Waals surface area contributed by atoms with Crippen LogP contribution in [0.15, 0.2) is 11.8 Å². The predicted molar refractivity (Wildman–Crippen MR) is 42.8 cm³/mol. The molecule has 0 heterocycles. The van der Waals surface area contributed by atoms with Gasteiger partial charge in [0.2, 0.25) is 0 Å². The molecule has 0 saturated carbocycles. The molecule has 0 aliphatic heterocycles. The van der Waals surface area contributed by atoms with Crippen LogP contribution in [0.3, 0.4) is 0 Å². The van der Waals surface area contributed by atoms with Gasteiger partial charge in [-0.1, -0.05) is 20.8 Å². The maximum Gasteiger partial charge on any atom is 0.0913 e. The average molecular weight is 140 g/mol. The lowest BCUT2D eigenvalue weighted by Gasteiger charge is -2.26. The van der Waals surface area contributed by atoms with Gasteiger partial charge in [-0.15, -0.1) is 0 Å². The van der Waals surface area contributed by atoms with Crippen molar-refractivity contribution in [1.82, 2.24) is 0 Å². The number of hydrogen-bond acceptors (Lipinski definition) is 1. The van der Waals surface area contributed by atoms with Gasteiger partial charge in [0.15, 0.2) is 0 Å². The highest BCUT2D eigenvalue weighted by molar-refractivity contribution is 5.03. The molecule has 10 heavy (non-hydrogen) atoms. The van der Waals surface area contributed by atoms with Crippen molar-refractivity contribution < 1.29 is 5.11 Å². The Kier molecular flexibility index (Phi) is 2.02. The number of aliphatic hydroxyl groups excluding tert-OH is 1. The molecular formula is C9H16O. The van der Waals surface area contributed by atoms with Gasteiger partial charge in [0.05, 0.1) is 5.76 Å². The second kappa shape index (κ2) is 2.65. The van der Waals surface area contributed by atoms with Crippen LogP contribution < -0.4 is 0 Å². The van der Waals surface area contributed by atoms with Crippen molar-refractivity contribution in [1.29, 1.82) is 0 Å². The fourth-order valence-corrected chi connectivity index (χ4v) is 1.49. The minimum atomic E-state index is 0.381. The molecule has 1 nitrogen and oxygen atoms in total. The van der Waals surface area contributed by atoms with E-state index in [9.17, 15) is 5.11 Å². The quantitative estimate of drug-likeness (QED) is 0.548. The Morgan fingerprint density at radius 2 is 2.00 bits per heavy atom. The molecule has 1 heteroatoms. The van der Waals surface area contributed by atoms with Crippen LogP contribution in [0.5, 0.6) is 0 Å². The fourth-order valence-electron chi connectivity index (χ4n) is 1.49. The Morgan fingerprint density at radius 1 is 1.40 bits per heavy atom. The summed E-state index contributed by atoms with van der Waals surface area (Å²) < 4.78 is 0. The summed E-state index contributed by atoms with van der Waals surface area (Å²) in [6, 6.07) is 0. The van der Waals surface area contributed by atoms with Crippen LogP contribution >= 0.6 is 0 Å². The van der Waals surface area contributed by atoms with Crippen LogP contribution in [-0.2, 0) is 0 Å². The van der Waals surface area contributed by atoms with Crippen molar-refractivity contribution in [3.63, 3.8) is 0 Å². The Labute approximate surface area is 62.8 Å². The van der Waals surface area contributed by atoms with Gasteiger partial charge in [0, 0.05) is 5.92 Å². The first kappa shape index (κ1) is 7.64. The maximum absolute atomic E-state index is 9.33. The third-order valence-electron chi connectivity index (χ3n) is 2.56. The fraction of sp³-hybridized carbons (Fsp3) is 0.778. The summed E-state index contributed by atoms with van der Waals surface area (Å²) in [5.74, 6) is 2.25. The molecule has 3 atom stereocenters. The Bertz CT molecular complexity index is 149. The molecule has 0 amide bonds. The summed E-state index contributed by atoms with van der Waals surface area (Å²) in [5, 5.41) is 9.33. The van der Waals surface area contributed by atoms with Gasteiger partial charge in [-0.05, 0) is 24.3 Å². The van der Waals surface area contributed by atoms with Gasteiger partial charge in [0.25, 0.3) is 0 Å². The molecule has 1 aliphatic carbocycles. The zero-order valence-electron chi connectivity index (χ0n) is 6.96. The minimum Gasteiger partial charge on any atom is -0.512 e. The molecule has 0 bridgehead atoms. The van der Waals surface area contributed by atoms with E-state index < -0.39 is 0 Å². The van der Waals surface area contributed by atoms with Gasteiger partial charge in [0.1, 0.15) is 0 Å². The van der Waals surface area contributed by atoms with Crippen LogP contribution in [0.2, 0.25) is 0 Å². The summed E-state index contributed by atoms with van der Waals surface area (Å²) >= 11 is 0. The number of rotatable bonds is 0. The molecule has 0 aromatic carbocycles. The molecule has 1 aliphatic rings. The van der Waals surface area contributed by atoms with Crippen LogP contribution in [0.1, 0.15) is 27.2 Å². The normalized spacial score (nSPS) is 41.1. The van der Waals surface area contributed by atoms with Crippen molar-refractivity contribution in [3.05, 3.63) is 11.8 Å². The first-order chi connectivity index (χ1) is 4.61. The average Bonchev–Trinajstić information content (AvgIpc) is 1.84. The van der Waals surface area contributed by atoms with E-state index in [1.807, 2.05) is 6.08 Å². The third kappa shape index (κ3) is 1.34. The standard InChI is InChI=1S/C9H16O/c1-6-4-8(3)9(10)5-7(6)2/h5-8,10H,4H2,1-3H3. The first-order valence-electron chi connectivity index (χ1n) is 4.02. The lowest BCUT2D eigenvalue weighted by molar-refractivity contribution is 0.252. The van der Waals surface area contributed by atoms with Crippen molar-refractivity contribution in [2.24, 2.45) is 17.8 Å². The van der Waals surface area contributed by atoms with Gasteiger partial charge >= 0.3 is 0 Å². The van der Waals surface area contributed by atoms with E-state index in [-0.39, 0.29) is 0 Å². The van der Waals surface area contributed by atoms with E-state index in [1.54, 1.807) is 0 Å². The molecule has 1 rings (SSSR count). The summed E-state index contributed by atoms with van der Waals surface area (Å²) in [5.41, 5.74) is 0. The largest absolute Gasteiger partial charge is 0.512 e. The van der Waals surface area contributed by atoms with E-state index >= 15 is 0 Å². The third-order valence-corrected chi connectivity index (χ3v) is 2.56. The molecule has 0 radical (unpaired) electrons. The second-order valence-corrected chi connectivity index (χ2v) is 3.56. The van der Waals surface area contributed by atoms with Crippen molar-refractivity contribution in [2.75, 3.05) is 0 Å². The Hall–Kier alpha value is -0.460. The zero-order valence-corrected chi connectivity index (χ0v) is 6.96. The van der Waals surface area contributed by atoms with Gasteiger partial charge in [-0.2, -0.15) is 0 Å². The molecular weight excluding hydrogens is 124 g/mol. The van der Waals surface area contributed by atoms with Gasteiger partial charge in [-0.3, -0.25) is 0 Å². The number of aliphatic hydroxyl groups is 1. The molecule has 58 valence electrons. The highest BCUT2D eigenvalue weighted by atomic mass is 16.3. The second-order valence-electron chi connectivity index (χ2n) is 3.56. The number of allylic oxidation sites excluding steroid dienone is 2. The summed E-state index contributed by atoms with van der Waals surface area (Å²) in [6.07, 6.45) is 3.11. The van der Waals surface area contributed by atoms with Crippen molar-refractivity contribution in [3.8, 4) is 0 Å². The van der Waals surface area contributed by atoms with Crippen LogP contribution in [0, 0.1) is 17.8 Å². The van der Waals surface area contributed by atoms with Gasteiger partial charge < -0.3 is 5.11 Å². The Balaban J connectivity index is 2.69. The first-order valence-corrected chi connectivity index (χ1v) is 4.02. The molecule has 0 saturated heterocycles. The maximum atomic E-state index is 9.33. The molecule has 3 unspecified atom stereocenters. The summed E-state index contributed by atoms with van der Waals surface area (Å²) in [7, 11) is 0. The monoisotopic (exact) mass is 140 g/mol. The molecule has 0 aromatic heterocycles. The lowest BCUT2D eigenvalue weighted by atomic mass is 9.81. The molecule has 0 spiro atoms. The highest BCUT2D eigenvalue weighted by Crippen LogP contribution is 2.30. The van der Waals surface area contributed by atoms with Crippen LogP contribution in [0.4, 0.5) is 0 Å². The van der Waals surface area contributed by atoms with E-state index in [1.165, 1.54) is 0 Å². The predicted octanol–water partition coefficient (Wildman–Crippen LogP) is 2.74. The summed E-state index contributed by atoms with van der Waals surface area (Å²) in [4.78, 5) is 0. The molecule has 0 fully saturated rings. The topological polar surface area (TPSA) is 20.2 Å². The number of hydrogen-bond donors (Lipinski definition) is 1.